The summed E-state index contributed by atoms with van der Waals surface area (Å²) in [6.45, 7) is 3.53. The zero-order valence-corrected chi connectivity index (χ0v) is 15.6. The van der Waals surface area contributed by atoms with Crippen molar-refractivity contribution in [3.8, 4) is 0 Å². The molecule has 0 spiro atoms. The molecule has 11 heteroatoms. The number of aromatic nitrogens is 3. The Balaban J connectivity index is 1.99. The molecule has 3 aromatic rings. The van der Waals surface area contributed by atoms with Gasteiger partial charge in [0.05, 0.1) is 28.8 Å². The Labute approximate surface area is 158 Å². The van der Waals surface area contributed by atoms with Crippen LogP contribution >= 0.6 is 0 Å². The number of fused-ring (bicyclic) bond motifs is 1. The molecule has 0 radical (unpaired) electrons. The number of nitrogens with one attached hydrogen (secondary N) is 1. The van der Waals surface area contributed by atoms with Crippen LogP contribution in [0.3, 0.4) is 0 Å². The molecule has 2 aromatic heterocycles. The lowest BCUT2D eigenvalue weighted by atomic mass is 10.2. The number of imidazole rings is 1. The molecule has 0 saturated carbocycles. The molecule has 3 rings (SSSR count). The van der Waals surface area contributed by atoms with Crippen molar-refractivity contribution in [2.45, 2.75) is 37.5 Å². The smallest absolute Gasteiger partial charge is 0.327 e. The molecule has 1 aromatic carbocycles. The third kappa shape index (κ3) is 3.85. The zero-order valence-electron chi connectivity index (χ0n) is 14.8. The number of benzene rings is 1. The number of halogens is 4. The summed E-state index contributed by atoms with van der Waals surface area (Å²) in [7, 11) is -4.03. The fraction of sp³-hybridized carbons (Fsp3) is 0.294. The van der Waals surface area contributed by atoms with Gasteiger partial charge in [0, 0.05) is 6.54 Å². The Kier molecular flexibility index (Phi) is 5.15. The van der Waals surface area contributed by atoms with E-state index in [2.05, 4.69) is 14.7 Å². The molecule has 0 saturated heterocycles. The van der Waals surface area contributed by atoms with Crippen molar-refractivity contribution in [3.63, 3.8) is 0 Å². The van der Waals surface area contributed by atoms with Gasteiger partial charge < -0.3 is 4.57 Å². The van der Waals surface area contributed by atoms with E-state index in [1.165, 1.54) is 17.6 Å². The minimum absolute atomic E-state index is 0.237. The van der Waals surface area contributed by atoms with E-state index >= 15 is 0 Å². The maximum Gasteiger partial charge on any atom is 0.416 e. The van der Waals surface area contributed by atoms with Gasteiger partial charge in [0.15, 0.2) is 0 Å². The zero-order chi connectivity index (χ0) is 20.7. The second kappa shape index (κ2) is 7.13. The average molecular weight is 416 g/mol. The first-order valence-electron chi connectivity index (χ1n) is 8.24. The predicted molar refractivity (Wildman–Crippen MR) is 93.3 cm³/mol. The standard InChI is InChI=1S/C17H16F4N4O2S/c1-3-25-14-8-11(17(19,20)21)4-6-13(14)23-16(25)10(2)24-28(26,27)12-5-7-15(18)22-9-12/h4-10,24H,3H2,1-2H3/t10-/m1/s1. The number of nitrogens with zero attached hydrogens (tertiary/aromatic N) is 3. The Morgan fingerprint density at radius 3 is 2.50 bits per heavy atom. The van der Waals surface area contributed by atoms with Gasteiger partial charge in [-0.15, -0.1) is 0 Å². The minimum atomic E-state index is -4.50. The third-order valence-corrected chi connectivity index (χ3v) is 5.68. The molecule has 0 fully saturated rings. The van der Waals surface area contributed by atoms with Crippen molar-refractivity contribution in [2.24, 2.45) is 0 Å². The van der Waals surface area contributed by atoms with Crippen LogP contribution < -0.4 is 4.72 Å². The Hall–Kier alpha value is -2.53. The van der Waals surface area contributed by atoms with Gasteiger partial charge in [-0.05, 0) is 44.2 Å². The van der Waals surface area contributed by atoms with Crippen molar-refractivity contribution >= 4 is 21.1 Å². The Bertz CT molecular complexity index is 1110. The normalized spacial score (nSPS) is 13.8. The van der Waals surface area contributed by atoms with E-state index in [-0.39, 0.29) is 22.8 Å². The average Bonchev–Trinajstić information content (AvgIpc) is 2.99. The van der Waals surface area contributed by atoms with Crippen LogP contribution in [0.15, 0.2) is 41.4 Å². The van der Waals surface area contributed by atoms with Gasteiger partial charge in [-0.1, -0.05) is 0 Å². The van der Waals surface area contributed by atoms with E-state index in [0.29, 0.717) is 5.52 Å². The highest BCUT2D eigenvalue weighted by Crippen LogP contribution is 2.32. The second-order valence-corrected chi connectivity index (χ2v) is 7.79. The SMILES string of the molecule is CCn1c([C@@H](C)NS(=O)(=O)c2ccc(F)nc2)nc2ccc(C(F)(F)F)cc21. The fourth-order valence-electron chi connectivity index (χ4n) is 2.86. The minimum Gasteiger partial charge on any atom is -0.327 e. The summed E-state index contributed by atoms with van der Waals surface area (Å²) >= 11 is 0. The van der Waals surface area contributed by atoms with Gasteiger partial charge in [0.25, 0.3) is 0 Å². The largest absolute Gasteiger partial charge is 0.416 e. The molecule has 1 N–H and O–H groups in total. The van der Waals surface area contributed by atoms with E-state index in [1.54, 1.807) is 6.92 Å². The number of alkyl halides is 3. The molecule has 0 aliphatic carbocycles. The van der Waals surface area contributed by atoms with Crippen molar-refractivity contribution in [2.75, 3.05) is 0 Å². The van der Waals surface area contributed by atoms with Gasteiger partial charge in [-0.3, -0.25) is 0 Å². The van der Waals surface area contributed by atoms with Gasteiger partial charge in [0.2, 0.25) is 16.0 Å². The molecule has 0 aliphatic rings. The highest BCUT2D eigenvalue weighted by atomic mass is 32.2. The van der Waals surface area contributed by atoms with Gasteiger partial charge in [-0.25, -0.2) is 23.1 Å². The van der Waals surface area contributed by atoms with Crippen LogP contribution in [0.5, 0.6) is 0 Å². The molecular weight excluding hydrogens is 400 g/mol. The van der Waals surface area contributed by atoms with Crippen LogP contribution in [0.1, 0.15) is 31.3 Å². The summed E-state index contributed by atoms with van der Waals surface area (Å²) in [5, 5.41) is 0. The molecule has 6 nitrogen and oxygen atoms in total. The van der Waals surface area contributed by atoms with Gasteiger partial charge in [0.1, 0.15) is 10.7 Å². The second-order valence-electron chi connectivity index (χ2n) is 6.08. The van der Waals surface area contributed by atoms with E-state index in [0.717, 1.165) is 30.5 Å². The van der Waals surface area contributed by atoms with E-state index in [1.807, 2.05) is 0 Å². The van der Waals surface area contributed by atoms with E-state index in [9.17, 15) is 26.0 Å². The molecule has 0 bridgehead atoms. The van der Waals surface area contributed by atoms with Crippen molar-refractivity contribution < 1.29 is 26.0 Å². The molecule has 0 aliphatic heterocycles. The molecule has 1 atom stereocenters. The summed E-state index contributed by atoms with van der Waals surface area (Å²) < 4.78 is 80.8. The molecule has 2 heterocycles. The fourth-order valence-corrected chi connectivity index (χ4v) is 4.00. The lowest BCUT2D eigenvalue weighted by molar-refractivity contribution is -0.137. The molecule has 0 amide bonds. The van der Waals surface area contributed by atoms with Crippen LogP contribution in [0.2, 0.25) is 0 Å². The summed E-state index contributed by atoms with van der Waals surface area (Å²) in [6.07, 6.45) is -3.62. The Morgan fingerprint density at radius 2 is 1.93 bits per heavy atom. The maximum atomic E-state index is 13.0. The monoisotopic (exact) mass is 416 g/mol. The first-order chi connectivity index (χ1) is 13.0. The highest BCUT2D eigenvalue weighted by molar-refractivity contribution is 7.89. The number of rotatable bonds is 5. The van der Waals surface area contributed by atoms with Gasteiger partial charge in [-0.2, -0.15) is 17.6 Å². The van der Waals surface area contributed by atoms with Crippen LogP contribution in [0.4, 0.5) is 17.6 Å². The number of aryl methyl sites for hydroxylation is 1. The number of hydrogen-bond acceptors (Lipinski definition) is 4. The lowest BCUT2D eigenvalue weighted by Crippen LogP contribution is -2.29. The number of sulfonamides is 1. The maximum absolute atomic E-state index is 13.0. The first-order valence-corrected chi connectivity index (χ1v) is 9.72. The van der Waals surface area contributed by atoms with Crippen LogP contribution in [0.25, 0.3) is 11.0 Å². The first kappa shape index (κ1) is 20.2. The quantitative estimate of drug-likeness (QED) is 0.509. The predicted octanol–water partition coefficient (Wildman–Crippen LogP) is 3.65. The molecule has 28 heavy (non-hydrogen) atoms. The van der Waals surface area contributed by atoms with Gasteiger partial charge >= 0.3 is 6.18 Å². The van der Waals surface area contributed by atoms with Crippen LogP contribution in [0, 0.1) is 5.95 Å². The Morgan fingerprint density at radius 1 is 1.21 bits per heavy atom. The van der Waals surface area contributed by atoms with Crippen LogP contribution in [-0.2, 0) is 22.7 Å². The van der Waals surface area contributed by atoms with Crippen LogP contribution in [-0.4, -0.2) is 23.0 Å². The van der Waals surface area contributed by atoms with Crippen molar-refractivity contribution in [1.29, 1.82) is 0 Å². The lowest BCUT2D eigenvalue weighted by Gasteiger charge is -2.15. The summed E-state index contributed by atoms with van der Waals surface area (Å²) in [4.78, 5) is 7.37. The summed E-state index contributed by atoms with van der Waals surface area (Å²) in [6, 6.07) is 4.30. The number of hydrogen-bond donors (Lipinski definition) is 1. The molecule has 150 valence electrons. The van der Waals surface area contributed by atoms with E-state index in [4.69, 9.17) is 0 Å². The molecule has 0 unspecified atom stereocenters. The topological polar surface area (TPSA) is 76.9 Å². The highest BCUT2D eigenvalue weighted by Gasteiger charge is 2.31. The summed E-state index contributed by atoms with van der Waals surface area (Å²) in [5.74, 6) is -0.560. The number of pyridine rings is 1. The molecular formula is C17H16F4N4O2S. The third-order valence-electron chi connectivity index (χ3n) is 4.15. The van der Waals surface area contributed by atoms with E-state index < -0.39 is 33.8 Å². The summed E-state index contributed by atoms with van der Waals surface area (Å²) in [5.41, 5.74) is -0.243. The van der Waals surface area contributed by atoms with Crippen molar-refractivity contribution in [1.82, 2.24) is 19.3 Å². The van der Waals surface area contributed by atoms with Crippen molar-refractivity contribution in [3.05, 3.63) is 53.9 Å².